The Labute approximate surface area is 139 Å². The molecular formula is C18H17ClN2O2. The van der Waals surface area contributed by atoms with Gasteiger partial charge in [0.2, 0.25) is 0 Å². The van der Waals surface area contributed by atoms with Gasteiger partial charge in [-0.1, -0.05) is 23.7 Å². The quantitative estimate of drug-likeness (QED) is 0.690. The highest BCUT2D eigenvalue weighted by atomic mass is 35.5. The highest BCUT2D eigenvalue weighted by molar-refractivity contribution is 6.31. The van der Waals surface area contributed by atoms with Crippen molar-refractivity contribution in [3.63, 3.8) is 0 Å². The summed E-state index contributed by atoms with van der Waals surface area (Å²) < 4.78 is 5.21. The van der Waals surface area contributed by atoms with E-state index in [1.54, 1.807) is 19.4 Å². The number of H-pyrrole nitrogens is 1. The van der Waals surface area contributed by atoms with E-state index >= 15 is 0 Å². The summed E-state index contributed by atoms with van der Waals surface area (Å²) in [6.07, 6.45) is 2.49. The fourth-order valence-corrected chi connectivity index (χ4v) is 2.65. The summed E-state index contributed by atoms with van der Waals surface area (Å²) in [7, 11) is 1.65. The van der Waals surface area contributed by atoms with Gasteiger partial charge in [-0.2, -0.15) is 0 Å². The second-order valence-electron chi connectivity index (χ2n) is 5.21. The van der Waals surface area contributed by atoms with Gasteiger partial charge in [0.25, 0.3) is 0 Å². The number of aromatic hydroxyl groups is 1. The third-order valence-electron chi connectivity index (χ3n) is 3.66. The number of rotatable bonds is 5. The van der Waals surface area contributed by atoms with E-state index in [4.69, 9.17) is 16.3 Å². The average Bonchev–Trinajstić information content (AvgIpc) is 2.87. The average molecular weight is 329 g/mol. The zero-order valence-corrected chi connectivity index (χ0v) is 13.5. The normalized spacial score (nSPS) is 11.4. The molecule has 118 valence electrons. The summed E-state index contributed by atoms with van der Waals surface area (Å²) in [5.41, 5.74) is 2.65. The van der Waals surface area contributed by atoms with Crippen molar-refractivity contribution in [2.45, 2.75) is 6.42 Å². The summed E-state index contributed by atoms with van der Waals surface area (Å²) in [5.74, 6) is 0.947. The number of aromatic nitrogens is 1. The Morgan fingerprint density at radius 3 is 2.96 bits per heavy atom. The lowest BCUT2D eigenvalue weighted by Gasteiger charge is -2.02. The molecule has 0 atom stereocenters. The minimum absolute atomic E-state index is 0.104. The van der Waals surface area contributed by atoms with Crippen LogP contribution in [0.5, 0.6) is 11.6 Å². The van der Waals surface area contributed by atoms with Crippen molar-refractivity contribution in [2.75, 3.05) is 13.7 Å². The van der Waals surface area contributed by atoms with E-state index < -0.39 is 0 Å². The molecule has 23 heavy (non-hydrogen) atoms. The Morgan fingerprint density at radius 2 is 2.13 bits per heavy atom. The lowest BCUT2D eigenvalue weighted by molar-refractivity contribution is 0.414. The van der Waals surface area contributed by atoms with Gasteiger partial charge < -0.3 is 14.8 Å². The molecule has 3 rings (SSSR count). The van der Waals surface area contributed by atoms with Gasteiger partial charge in [0.1, 0.15) is 5.75 Å². The second-order valence-corrected chi connectivity index (χ2v) is 5.65. The molecule has 1 heterocycles. The standard InChI is InChI=1S/C18H17ClN2O2/c1-23-14-4-2-3-12(9-14)7-8-20-11-16-15-10-13(19)5-6-17(15)21-18(16)22/h2-6,9-11,21-22H,7-8H2,1H3. The topological polar surface area (TPSA) is 57.6 Å². The van der Waals surface area contributed by atoms with Crippen molar-refractivity contribution < 1.29 is 9.84 Å². The van der Waals surface area contributed by atoms with Crippen molar-refractivity contribution in [3.8, 4) is 11.6 Å². The molecule has 4 nitrogen and oxygen atoms in total. The molecule has 2 N–H and O–H groups in total. The molecule has 0 saturated carbocycles. The van der Waals surface area contributed by atoms with Gasteiger partial charge in [-0.3, -0.25) is 4.99 Å². The molecular weight excluding hydrogens is 312 g/mol. The number of nitrogens with zero attached hydrogens (tertiary/aromatic N) is 1. The Balaban J connectivity index is 1.73. The first-order valence-corrected chi connectivity index (χ1v) is 7.68. The van der Waals surface area contributed by atoms with Crippen molar-refractivity contribution in [3.05, 3.63) is 58.6 Å². The molecule has 5 heteroatoms. The highest BCUT2D eigenvalue weighted by Gasteiger charge is 2.08. The molecule has 0 aliphatic carbocycles. The number of hydrogen-bond acceptors (Lipinski definition) is 3. The molecule has 0 fully saturated rings. The van der Waals surface area contributed by atoms with E-state index in [-0.39, 0.29) is 5.88 Å². The molecule has 0 amide bonds. The van der Waals surface area contributed by atoms with Crippen molar-refractivity contribution in [2.24, 2.45) is 4.99 Å². The van der Waals surface area contributed by atoms with Crippen LogP contribution < -0.4 is 4.74 Å². The largest absolute Gasteiger partial charge is 0.497 e. The maximum Gasteiger partial charge on any atom is 0.198 e. The lowest BCUT2D eigenvalue weighted by atomic mass is 10.1. The van der Waals surface area contributed by atoms with Crippen molar-refractivity contribution in [1.82, 2.24) is 4.98 Å². The Kier molecular flexibility index (Phi) is 4.53. The van der Waals surface area contributed by atoms with Crippen LogP contribution in [0.3, 0.4) is 0 Å². The Morgan fingerprint density at radius 1 is 1.26 bits per heavy atom. The van der Waals surface area contributed by atoms with E-state index in [1.807, 2.05) is 36.4 Å². The van der Waals surface area contributed by atoms with E-state index in [0.717, 1.165) is 28.6 Å². The predicted molar refractivity (Wildman–Crippen MR) is 94.1 cm³/mol. The number of ether oxygens (including phenoxy) is 1. The number of methoxy groups -OCH3 is 1. The molecule has 0 saturated heterocycles. The van der Waals surface area contributed by atoms with Crippen molar-refractivity contribution in [1.29, 1.82) is 0 Å². The predicted octanol–water partition coefficient (Wildman–Crippen LogP) is 4.20. The number of aliphatic imine (C=N–C) groups is 1. The van der Waals surface area contributed by atoms with Gasteiger partial charge in [-0.25, -0.2) is 0 Å². The third-order valence-corrected chi connectivity index (χ3v) is 3.90. The molecule has 1 aromatic heterocycles. The van der Waals surface area contributed by atoms with Gasteiger partial charge in [0, 0.05) is 28.7 Å². The zero-order valence-electron chi connectivity index (χ0n) is 12.7. The minimum atomic E-state index is 0.104. The van der Waals surface area contributed by atoms with Gasteiger partial charge >= 0.3 is 0 Å². The monoisotopic (exact) mass is 328 g/mol. The Hall–Kier alpha value is -2.46. The summed E-state index contributed by atoms with van der Waals surface area (Å²) >= 11 is 6.02. The SMILES string of the molecule is COc1cccc(CCN=Cc2c(O)[nH]c3ccc(Cl)cc23)c1. The van der Waals surface area contributed by atoms with Crippen LogP contribution in [0.25, 0.3) is 10.9 Å². The van der Waals surface area contributed by atoms with Crippen LogP contribution in [0.4, 0.5) is 0 Å². The molecule has 0 aliphatic rings. The summed E-state index contributed by atoms with van der Waals surface area (Å²) in [6.45, 7) is 0.625. The van der Waals surface area contributed by atoms with E-state index in [1.165, 1.54) is 0 Å². The molecule has 0 radical (unpaired) electrons. The number of fused-ring (bicyclic) bond motifs is 1. The highest BCUT2D eigenvalue weighted by Crippen LogP contribution is 2.28. The van der Waals surface area contributed by atoms with Crippen LogP contribution in [-0.4, -0.2) is 30.0 Å². The van der Waals surface area contributed by atoms with Crippen LogP contribution in [-0.2, 0) is 6.42 Å². The first kappa shape index (κ1) is 15.4. The first-order valence-electron chi connectivity index (χ1n) is 7.30. The molecule has 3 aromatic rings. The second kappa shape index (κ2) is 6.75. The lowest BCUT2D eigenvalue weighted by Crippen LogP contribution is -1.92. The smallest absolute Gasteiger partial charge is 0.198 e. The maximum atomic E-state index is 10.0. The van der Waals surface area contributed by atoms with Gasteiger partial charge in [0.15, 0.2) is 5.88 Å². The van der Waals surface area contributed by atoms with Gasteiger partial charge in [-0.15, -0.1) is 0 Å². The summed E-state index contributed by atoms with van der Waals surface area (Å²) in [6, 6.07) is 13.4. The fourth-order valence-electron chi connectivity index (χ4n) is 2.48. The first-order chi connectivity index (χ1) is 11.2. The van der Waals surface area contributed by atoms with Gasteiger partial charge in [-0.05, 0) is 42.3 Å². The number of halogens is 1. The molecule has 0 bridgehead atoms. The van der Waals surface area contributed by atoms with E-state index in [0.29, 0.717) is 17.1 Å². The number of benzene rings is 2. The minimum Gasteiger partial charge on any atom is -0.497 e. The third kappa shape index (κ3) is 3.48. The molecule has 0 unspecified atom stereocenters. The van der Waals surface area contributed by atoms with Crippen LogP contribution in [0.15, 0.2) is 47.5 Å². The maximum absolute atomic E-state index is 10.0. The number of nitrogens with one attached hydrogen (secondary N) is 1. The van der Waals surface area contributed by atoms with Crippen LogP contribution >= 0.6 is 11.6 Å². The van der Waals surface area contributed by atoms with Gasteiger partial charge in [0.05, 0.1) is 12.7 Å². The van der Waals surface area contributed by atoms with E-state index in [9.17, 15) is 5.11 Å². The van der Waals surface area contributed by atoms with Crippen LogP contribution in [0.1, 0.15) is 11.1 Å². The molecule has 0 aliphatic heterocycles. The van der Waals surface area contributed by atoms with Crippen LogP contribution in [0, 0.1) is 0 Å². The summed E-state index contributed by atoms with van der Waals surface area (Å²) in [5, 5.41) is 11.5. The van der Waals surface area contributed by atoms with E-state index in [2.05, 4.69) is 9.98 Å². The van der Waals surface area contributed by atoms with Crippen LogP contribution in [0.2, 0.25) is 5.02 Å². The fraction of sp³-hybridized carbons (Fsp3) is 0.167. The zero-order chi connectivity index (χ0) is 16.2. The Bertz CT molecular complexity index is 855. The molecule has 2 aromatic carbocycles. The van der Waals surface area contributed by atoms with Crippen molar-refractivity contribution >= 4 is 28.7 Å². The summed E-state index contributed by atoms with van der Waals surface area (Å²) in [4.78, 5) is 7.33. The number of hydrogen-bond donors (Lipinski definition) is 2. The molecule has 0 spiro atoms. The number of aromatic amines is 1.